The molecule has 0 aliphatic rings. The summed E-state index contributed by atoms with van der Waals surface area (Å²) in [6, 6.07) is 5.55. The maximum absolute atomic E-state index is 10.7. The van der Waals surface area contributed by atoms with Gasteiger partial charge in [-0.3, -0.25) is 14.8 Å². The number of ether oxygens (including phenoxy) is 1. The topological polar surface area (TPSA) is 101 Å². The van der Waals surface area contributed by atoms with E-state index in [9.17, 15) is 10.1 Å². The van der Waals surface area contributed by atoms with Gasteiger partial charge in [0.1, 0.15) is 24.0 Å². The van der Waals surface area contributed by atoms with E-state index in [4.69, 9.17) is 16.3 Å². The van der Waals surface area contributed by atoms with Crippen LogP contribution < -0.4 is 4.74 Å². The van der Waals surface area contributed by atoms with E-state index < -0.39 is 4.92 Å². The standard InChI is InChI=1S/C17H19ClN6O3S/c1-12-8-13(18)5-6-15(12)27-7-3-4-16-20-21-17(22(16)2)28-11-23-10-14(9-19-23)24(25)26/h5-6,8-10H,3-4,7,11H2,1-2H3. The molecular formula is C17H19ClN6O3S. The molecule has 0 saturated carbocycles. The van der Waals surface area contributed by atoms with E-state index in [0.717, 1.165) is 35.1 Å². The van der Waals surface area contributed by atoms with Gasteiger partial charge in [0.15, 0.2) is 5.16 Å². The fraction of sp³-hybridized carbons (Fsp3) is 0.353. The number of thioether (sulfide) groups is 1. The van der Waals surface area contributed by atoms with Crippen molar-refractivity contribution in [1.82, 2.24) is 24.5 Å². The molecule has 0 bridgehead atoms. The van der Waals surface area contributed by atoms with Crippen molar-refractivity contribution in [3.05, 3.63) is 57.1 Å². The molecule has 9 nitrogen and oxygen atoms in total. The van der Waals surface area contributed by atoms with Gasteiger partial charge in [-0.05, 0) is 37.1 Å². The molecule has 0 saturated heterocycles. The molecule has 3 aromatic rings. The van der Waals surface area contributed by atoms with E-state index >= 15 is 0 Å². The summed E-state index contributed by atoms with van der Waals surface area (Å²) in [5.74, 6) is 2.09. The van der Waals surface area contributed by atoms with Gasteiger partial charge in [0.2, 0.25) is 0 Å². The van der Waals surface area contributed by atoms with E-state index in [0.29, 0.717) is 17.5 Å². The molecule has 28 heavy (non-hydrogen) atoms. The Morgan fingerprint density at radius 1 is 1.36 bits per heavy atom. The minimum atomic E-state index is -0.470. The highest BCUT2D eigenvalue weighted by Gasteiger charge is 2.12. The summed E-state index contributed by atoms with van der Waals surface area (Å²) in [6.07, 6.45) is 4.14. The molecule has 0 atom stereocenters. The Kier molecular flexibility index (Phi) is 6.53. The summed E-state index contributed by atoms with van der Waals surface area (Å²) in [5.41, 5.74) is 0.971. The number of benzene rings is 1. The lowest BCUT2D eigenvalue weighted by Gasteiger charge is -2.09. The number of nitro groups is 1. The minimum absolute atomic E-state index is 0.0322. The van der Waals surface area contributed by atoms with Gasteiger partial charge in [0.05, 0.1) is 17.4 Å². The molecule has 2 heterocycles. The fourth-order valence-corrected chi connectivity index (χ4v) is 3.53. The average molecular weight is 423 g/mol. The van der Waals surface area contributed by atoms with Gasteiger partial charge in [0, 0.05) is 18.5 Å². The molecule has 2 aromatic heterocycles. The van der Waals surface area contributed by atoms with E-state index in [-0.39, 0.29) is 5.69 Å². The van der Waals surface area contributed by atoms with Crippen LogP contribution in [0.2, 0.25) is 5.02 Å². The lowest BCUT2D eigenvalue weighted by molar-refractivity contribution is -0.385. The van der Waals surface area contributed by atoms with Gasteiger partial charge in [-0.25, -0.2) is 0 Å². The highest BCUT2D eigenvalue weighted by atomic mass is 35.5. The predicted molar refractivity (Wildman–Crippen MR) is 106 cm³/mol. The Morgan fingerprint density at radius 3 is 2.89 bits per heavy atom. The number of aryl methyl sites for hydroxylation is 2. The predicted octanol–water partition coefficient (Wildman–Crippen LogP) is 3.64. The monoisotopic (exact) mass is 422 g/mol. The number of hydrogen-bond donors (Lipinski definition) is 0. The Morgan fingerprint density at radius 2 is 2.18 bits per heavy atom. The first kappa shape index (κ1) is 20.2. The summed E-state index contributed by atoms with van der Waals surface area (Å²) in [7, 11) is 1.90. The van der Waals surface area contributed by atoms with Crippen molar-refractivity contribution in [3.63, 3.8) is 0 Å². The Labute approximate surface area is 170 Å². The SMILES string of the molecule is Cc1cc(Cl)ccc1OCCCc1nnc(SCn2cc([N+](=O)[O-])cn2)n1C. The van der Waals surface area contributed by atoms with Gasteiger partial charge >= 0.3 is 5.69 Å². The van der Waals surface area contributed by atoms with Crippen LogP contribution in [-0.4, -0.2) is 36.1 Å². The van der Waals surface area contributed by atoms with E-state index in [1.165, 1.54) is 28.8 Å². The molecule has 0 aliphatic carbocycles. The van der Waals surface area contributed by atoms with Crippen LogP contribution in [0.15, 0.2) is 35.7 Å². The quantitative estimate of drug-likeness (QED) is 0.224. The zero-order valence-corrected chi connectivity index (χ0v) is 17.0. The average Bonchev–Trinajstić information content (AvgIpc) is 3.26. The van der Waals surface area contributed by atoms with Crippen LogP contribution in [0, 0.1) is 17.0 Å². The van der Waals surface area contributed by atoms with Crippen LogP contribution >= 0.6 is 23.4 Å². The second-order valence-electron chi connectivity index (χ2n) is 6.09. The third-order valence-electron chi connectivity index (χ3n) is 4.02. The molecule has 148 valence electrons. The Bertz CT molecular complexity index is 974. The number of nitrogens with zero attached hydrogens (tertiary/aromatic N) is 6. The van der Waals surface area contributed by atoms with Crippen LogP contribution in [0.4, 0.5) is 5.69 Å². The molecule has 0 N–H and O–H groups in total. The molecule has 0 radical (unpaired) electrons. The first-order valence-corrected chi connectivity index (χ1v) is 9.87. The fourth-order valence-electron chi connectivity index (χ4n) is 2.52. The van der Waals surface area contributed by atoms with Gasteiger partial charge in [-0.1, -0.05) is 23.4 Å². The molecule has 3 rings (SSSR count). The summed E-state index contributed by atoms with van der Waals surface area (Å²) in [4.78, 5) is 10.2. The first-order chi connectivity index (χ1) is 13.4. The first-order valence-electron chi connectivity index (χ1n) is 8.51. The van der Waals surface area contributed by atoms with Gasteiger partial charge in [0.25, 0.3) is 0 Å². The number of rotatable bonds is 9. The summed E-state index contributed by atoms with van der Waals surface area (Å²) in [6.45, 7) is 2.52. The van der Waals surface area contributed by atoms with Crippen molar-refractivity contribution in [3.8, 4) is 5.75 Å². The third-order valence-corrected chi connectivity index (χ3v) is 5.26. The molecule has 0 amide bonds. The van der Waals surface area contributed by atoms with Crippen LogP contribution in [0.3, 0.4) is 0 Å². The van der Waals surface area contributed by atoms with Crippen molar-refractivity contribution in [2.75, 3.05) is 6.61 Å². The molecule has 1 aromatic carbocycles. The maximum Gasteiger partial charge on any atom is 0.307 e. The Hall–Kier alpha value is -2.59. The molecular weight excluding hydrogens is 404 g/mol. The van der Waals surface area contributed by atoms with Crippen LogP contribution in [0.1, 0.15) is 17.8 Å². The Balaban J connectivity index is 1.48. The van der Waals surface area contributed by atoms with Crippen molar-refractivity contribution >= 4 is 29.1 Å². The van der Waals surface area contributed by atoms with Crippen molar-refractivity contribution in [1.29, 1.82) is 0 Å². The smallest absolute Gasteiger partial charge is 0.307 e. The lowest BCUT2D eigenvalue weighted by atomic mass is 10.2. The number of halogens is 1. The molecule has 0 aliphatic heterocycles. The molecule has 0 spiro atoms. The molecule has 0 fully saturated rings. The highest BCUT2D eigenvalue weighted by molar-refractivity contribution is 7.98. The van der Waals surface area contributed by atoms with Crippen molar-refractivity contribution < 1.29 is 9.66 Å². The number of hydrogen-bond acceptors (Lipinski definition) is 7. The number of aromatic nitrogens is 5. The summed E-state index contributed by atoms with van der Waals surface area (Å²) >= 11 is 7.36. The largest absolute Gasteiger partial charge is 0.493 e. The second-order valence-corrected chi connectivity index (χ2v) is 7.44. The third kappa shape index (κ3) is 5.02. The summed E-state index contributed by atoms with van der Waals surface area (Å²) in [5, 5.41) is 24.5. The molecule has 0 unspecified atom stereocenters. The van der Waals surface area contributed by atoms with Crippen molar-refractivity contribution in [2.24, 2.45) is 7.05 Å². The second kappa shape index (κ2) is 9.07. The van der Waals surface area contributed by atoms with E-state index in [1.54, 1.807) is 0 Å². The normalized spacial score (nSPS) is 11.0. The van der Waals surface area contributed by atoms with Gasteiger partial charge < -0.3 is 9.30 Å². The van der Waals surface area contributed by atoms with Crippen LogP contribution in [-0.2, 0) is 19.3 Å². The van der Waals surface area contributed by atoms with Gasteiger partial charge in [-0.15, -0.1) is 10.2 Å². The van der Waals surface area contributed by atoms with Gasteiger partial charge in [-0.2, -0.15) is 5.10 Å². The maximum atomic E-state index is 10.7. The highest BCUT2D eigenvalue weighted by Crippen LogP contribution is 2.22. The zero-order chi connectivity index (χ0) is 20.1. The lowest BCUT2D eigenvalue weighted by Crippen LogP contribution is -2.05. The summed E-state index contributed by atoms with van der Waals surface area (Å²) < 4.78 is 9.21. The zero-order valence-electron chi connectivity index (χ0n) is 15.4. The van der Waals surface area contributed by atoms with Crippen LogP contribution in [0.25, 0.3) is 0 Å². The van der Waals surface area contributed by atoms with E-state index in [1.807, 2.05) is 36.7 Å². The van der Waals surface area contributed by atoms with E-state index in [2.05, 4.69) is 15.3 Å². The minimum Gasteiger partial charge on any atom is -0.493 e. The molecule has 11 heteroatoms. The van der Waals surface area contributed by atoms with Crippen LogP contribution in [0.5, 0.6) is 5.75 Å². The van der Waals surface area contributed by atoms with Crippen molar-refractivity contribution in [2.45, 2.75) is 30.8 Å².